The molecule has 3 heterocycles. The Morgan fingerprint density at radius 2 is 2.03 bits per heavy atom. The van der Waals surface area contributed by atoms with Crippen molar-refractivity contribution in [1.82, 2.24) is 9.80 Å². The highest BCUT2D eigenvalue weighted by atomic mass is 16.6. The van der Waals surface area contributed by atoms with Gasteiger partial charge in [0.05, 0.1) is 24.7 Å². The maximum atomic E-state index is 13.9. The second-order valence-electron chi connectivity index (χ2n) is 9.86. The third-order valence-electron chi connectivity index (χ3n) is 7.60. The summed E-state index contributed by atoms with van der Waals surface area (Å²) in [4.78, 5) is 43.9. The number of rotatable bonds is 14. The summed E-state index contributed by atoms with van der Waals surface area (Å²) in [7, 11) is 0. The first-order valence-corrected chi connectivity index (χ1v) is 12.6. The summed E-state index contributed by atoms with van der Waals surface area (Å²) < 4.78 is 12.1. The number of hydrogen-bond donors (Lipinski definition) is 1. The number of allylic oxidation sites excluding steroid dienone is 1. The zero-order valence-corrected chi connectivity index (χ0v) is 20.7. The lowest BCUT2D eigenvalue weighted by molar-refractivity contribution is -0.160. The summed E-state index contributed by atoms with van der Waals surface area (Å²) >= 11 is 0. The van der Waals surface area contributed by atoms with Gasteiger partial charge < -0.3 is 24.4 Å². The van der Waals surface area contributed by atoms with E-state index in [1.807, 2.05) is 6.92 Å². The number of likely N-dealkylation sites (tertiary alicyclic amines) is 1. The quantitative estimate of drug-likeness (QED) is 0.235. The molecule has 2 amide bonds. The lowest BCUT2D eigenvalue weighted by Crippen LogP contribution is -2.56. The molecule has 3 fully saturated rings. The van der Waals surface area contributed by atoms with Crippen molar-refractivity contribution < 1.29 is 29.0 Å². The van der Waals surface area contributed by atoms with Gasteiger partial charge in [-0.1, -0.05) is 31.9 Å². The van der Waals surface area contributed by atoms with Crippen molar-refractivity contribution >= 4 is 17.8 Å². The maximum absolute atomic E-state index is 13.9. The van der Waals surface area contributed by atoms with E-state index in [0.29, 0.717) is 32.4 Å². The molecule has 3 aliphatic heterocycles. The van der Waals surface area contributed by atoms with Crippen LogP contribution in [0.4, 0.5) is 0 Å². The molecule has 5 atom stereocenters. The van der Waals surface area contributed by atoms with E-state index in [1.165, 1.54) is 4.90 Å². The molecule has 1 N–H and O–H groups in total. The van der Waals surface area contributed by atoms with Crippen LogP contribution in [0.5, 0.6) is 0 Å². The van der Waals surface area contributed by atoms with Crippen LogP contribution in [-0.4, -0.2) is 82.8 Å². The van der Waals surface area contributed by atoms with Gasteiger partial charge in [-0.25, -0.2) is 0 Å². The first kappa shape index (κ1) is 26.4. The zero-order valence-electron chi connectivity index (χ0n) is 20.7. The van der Waals surface area contributed by atoms with Crippen LogP contribution in [0.1, 0.15) is 58.8 Å². The molecule has 0 radical (unpaired) electrons. The van der Waals surface area contributed by atoms with Crippen LogP contribution >= 0.6 is 0 Å². The number of nitrogens with zero attached hydrogens (tertiary/aromatic N) is 2. The van der Waals surface area contributed by atoms with Crippen LogP contribution in [0.3, 0.4) is 0 Å². The van der Waals surface area contributed by atoms with E-state index >= 15 is 0 Å². The predicted octanol–water partition coefficient (Wildman–Crippen LogP) is 2.46. The van der Waals surface area contributed by atoms with Gasteiger partial charge in [0.15, 0.2) is 0 Å². The van der Waals surface area contributed by atoms with Gasteiger partial charge in [-0.2, -0.15) is 0 Å². The van der Waals surface area contributed by atoms with Gasteiger partial charge in [0.2, 0.25) is 11.8 Å². The van der Waals surface area contributed by atoms with Crippen molar-refractivity contribution in [2.75, 3.05) is 32.8 Å². The van der Waals surface area contributed by atoms with E-state index in [4.69, 9.17) is 9.47 Å². The average Bonchev–Trinajstić information content (AvgIpc) is 3.37. The molecule has 3 aliphatic rings. The molecule has 8 nitrogen and oxygen atoms in total. The number of hydrogen-bond acceptors (Lipinski definition) is 6. The van der Waals surface area contributed by atoms with Crippen molar-refractivity contribution in [2.24, 2.45) is 11.8 Å². The minimum absolute atomic E-state index is 0.0194. The number of ether oxygens (including phenoxy) is 2. The Bertz CT molecular complexity index is 800. The maximum Gasteiger partial charge on any atom is 0.312 e. The van der Waals surface area contributed by atoms with E-state index < -0.39 is 35.0 Å². The van der Waals surface area contributed by atoms with E-state index in [0.717, 1.165) is 25.7 Å². The molecule has 3 rings (SSSR count). The van der Waals surface area contributed by atoms with E-state index in [2.05, 4.69) is 20.1 Å². The van der Waals surface area contributed by atoms with Crippen LogP contribution in [0, 0.1) is 11.8 Å². The van der Waals surface area contributed by atoms with Crippen LogP contribution in [0.15, 0.2) is 25.3 Å². The molecular formula is C26H40N2O6. The number of esters is 1. The number of carbonyl (C=O) groups excluding carboxylic acids is 3. The first-order valence-electron chi connectivity index (χ1n) is 12.6. The molecule has 3 saturated heterocycles. The van der Waals surface area contributed by atoms with Crippen LogP contribution < -0.4 is 0 Å². The fourth-order valence-corrected chi connectivity index (χ4v) is 6.07. The number of fused-ring (bicyclic) bond motifs is 1. The van der Waals surface area contributed by atoms with Gasteiger partial charge >= 0.3 is 5.97 Å². The summed E-state index contributed by atoms with van der Waals surface area (Å²) in [5, 5.41) is 9.71. The average molecular weight is 477 g/mol. The largest absolute Gasteiger partial charge is 0.465 e. The fraction of sp³-hybridized carbons (Fsp3) is 0.731. The van der Waals surface area contributed by atoms with Crippen molar-refractivity contribution in [2.45, 2.75) is 76.0 Å². The molecule has 0 aromatic rings. The molecule has 8 heteroatoms. The monoisotopic (exact) mass is 476 g/mol. The smallest absolute Gasteiger partial charge is 0.312 e. The summed E-state index contributed by atoms with van der Waals surface area (Å²) in [6, 6.07) is -0.876. The molecule has 2 bridgehead atoms. The minimum atomic E-state index is -1.09. The second kappa shape index (κ2) is 11.0. The number of carbonyl (C=O) groups is 3. The van der Waals surface area contributed by atoms with Gasteiger partial charge in [0.25, 0.3) is 0 Å². The Morgan fingerprint density at radius 1 is 1.26 bits per heavy atom. The van der Waals surface area contributed by atoms with Gasteiger partial charge in [-0.05, 0) is 39.0 Å². The van der Waals surface area contributed by atoms with Crippen molar-refractivity contribution in [3.63, 3.8) is 0 Å². The zero-order chi connectivity index (χ0) is 24.9. The topological polar surface area (TPSA) is 96.4 Å². The van der Waals surface area contributed by atoms with E-state index in [-0.39, 0.29) is 31.6 Å². The van der Waals surface area contributed by atoms with Gasteiger partial charge in [-0.3, -0.25) is 14.4 Å². The fourth-order valence-electron chi connectivity index (χ4n) is 6.07. The van der Waals surface area contributed by atoms with E-state index in [1.54, 1.807) is 17.1 Å². The van der Waals surface area contributed by atoms with Gasteiger partial charge in [0, 0.05) is 19.6 Å². The Hall–Kier alpha value is -2.19. The summed E-state index contributed by atoms with van der Waals surface area (Å²) in [5.74, 6) is -2.53. The van der Waals surface area contributed by atoms with Gasteiger partial charge in [0.1, 0.15) is 17.6 Å². The Labute approximate surface area is 202 Å². The standard InChI is InChI=1S/C26H40N2O6/c1-5-8-10-15-27(14-7-3)23(31)21-26-13-12-25(4,34-26)20(24(32)33-18-11-9-6-2)19(26)22(30)28(21)16-17-29/h6-7,19-21,29H,2-3,5,8-18H2,1,4H3/t19-,20-,21?,25+,26?/m0/s1. The Kier molecular flexibility index (Phi) is 8.57. The molecule has 0 aromatic carbocycles. The van der Waals surface area contributed by atoms with Crippen LogP contribution in [0.2, 0.25) is 0 Å². The molecule has 0 aliphatic carbocycles. The van der Waals surface area contributed by atoms with E-state index in [9.17, 15) is 19.5 Å². The van der Waals surface area contributed by atoms with Crippen LogP contribution in [0.25, 0.3) is 0 Å². The number of unbranched alkanes of at least 4 members (excludes halogenated alkanes) is 3. The highest BCUT2D eigenvalue weighted by Crippen LogP contribution is 2.63. The van der Waals surface area contributed by atoms with Crippen molar-refractivity contribution in [3.8, 4) is 0 Å². The third-order valence-corrected chi connectivity index (χ3v) is 7.60. The highest BCUT2D eigenvalue weighted by molar-refractivity contribution is 5.98. The summed E-state index contributed by atoms with van der Waals surface area (Å²) in [5.41, 5.74) is -1.95. The normalized spacial score (nSPS) is 31.4. The lowest BCUT2D eigenvalue weighted by Gasteiger charge is -2.36. The van der Waals surface area contributed by atoms with Crippen molar-refractivity contribution in [3.05, 3.63) is 25.3 Å². The second-order valence-corrected chi connectivity index (χ2v) is 9.86. The molecule has 190 valence electrons. The lowest BCUT2D eigenvalue weighted by atomic mass is 9.66. The Morgan fingerprint density at radius 3 is 2.68 bits per heavy atom. The summed E-state index contributed by atoms with van der Waals surface area (Å²) in [6.07, 6.45) is 8.79. The molecule has 34 heavy (non-hydrogen) atoms. The molecule has 0 saturated carbocycles. The number of aliphatic hydroxyl groups excluding tert-OH is 1. The predicted molar refractivity (Wildman–Crippen MR) is 128 cm³/mol. The first-order chi connectivity index (χ1) is 16.3. The number of aliphatic hydroxyl groups is 1. The third kappa shape index (κ3) is 4.54. The summed E-state index contributed by atoms with van der Waals surface area (Å²) in [6.45, 7) is 12.3. The Balaban J connectivity index is 1.92. The molecule has 0 aromatic heterocycles. The molecular weight excluding hydrogens is 436 g/mol. The highest BCUT2D eigenvalue weighted by Gasteiger charge is 2.78. The molecule has 1 spiro atoms. The van der Waals surface area contributed by atoms with Crippen molar-refractivity contribution in [1.29, 1.82) is 0 Å². The van der Waals surface area contributed by atoms with Crippen LogP contribution in [-0.2, 0) is 23.9 Å². The number of amides is 2. The SMILES string of the molecule is C=CCCCOC(=O)[C@@H]1[C@H]2C(=O)N(CCO)C(C(=O)N(CC=C)CCCCC)C23CC[C@@]1(C)O3. The minimum Gasteiger partial charge on any atom is -0.465 e. The number of β-amino-alcohol motifs (C(OH)–C–C–N with tert-alkyl or cyclic N) is 1. The van der Waals surface area contributed by atoms with Gasteiger partial charge in [-0.15, -0.1) is 13.2 Å². The molecule has 2 unspecified atom stereocenters.